The SMILES string of the molecule is Br.C[N+]1([O-])C2CC(OC(=O)C(CO)c3ccccc3)CC1C1OC12.O. The van der Waals surface area contributed by atoms with Gasteiger partial charge in [0, 0.05) is 12.8 Å². The Morgan fingerprint density at radius 1 is 1.32 bits per heavy atom. The van der Waals surface area contributed by atoms with E-state index >= 15 is 0 Å². The highest BCUT2D eigenvalue weighted by Crippen LogP contribution is 2.52. The van der Waals surface area contributed by atoms with Crippen LogP contribution in [-0.4, -0.2) is 65.2 Å². The molecule has 8 heteroatoms. The van der Waals surface area contributed by atoms with Crippen molar-refractivity contribution in [3.8, 4) is 0 Å². The number of benzene rings is 1. The van der Waals surface area contributed by atoms with E-state index in [1.807, 2.05) is 18.2 Å². The summed E-state index contributed by atoms with van der Waals surface area (Å²) in [5.74, 6) is -1.09. The maximum absolute atomic E-state index is 12.6. The maximum atomic E-state index is 12.6. The third-order valence-corrected chi connectivity index (χ3v) is 5.60. The number of rotatable bonds is 4. The van der Waals surface area contributed by atoms with E-state index in [4.69, 9.17) is 9.47 Å². The molecule has 0 aromatic heterocycles. The number of quaternary nitrogens is 1. The van der Waals surface area contributed by atoms with Gasteiger partial charge in [0.15, 0.2) is 0 Å². The smallest absolute Gasteiger partial charge is 0.316 e. The molecule has 3 saturated heterocycles. The van der Waals surface area contributed by atoms with Crippen molar-refractivity contribution in [3.63, 3.8) is 0 Å². The Morgan fingerprint density at radius 3 is 2.40 bits per heavy atom. The Labute approximate surface area is 156 Å². The van der Waals surface area contributed by atoms with Gasteiger partial charge < -0.3 is 29.9 Å². The fraction of sp³-hybridized carbons (Fsp3) is 0.588. The van der Waals surface area contributed by atoms with Crippen LogP contribution in [0.25, 0.3) is 0 Å². The number of carbonyl (C=O) groups excluding carboxylic acids is 1. The number of halogens is 1. The first kappa shape index (κ1) is 20.3. The van der Waals surface area contributed by atoms with E-state index in [9.17, 15) is 15.1 Å². The standard InChI is InChI=1S/C17H21NO5.BrH.H2O/c1-18(21)13-7-11(8-14(18)16-15(13)23-16)22-17(20)12(9-19)10-5-3-2-4-6-10;;/h2-6,11-16,19H,7-9H2,1H3;1H;1H2. The summed E-state index contributed by atoms with van der Waals surface area (Å²) in [6.45, 7) is -0.286. The molecule has 0 spiro atoms. The Balaban J connectivity index is 0.00000113. The van der Waals surface area contributed by atoms with Gasteiger partial charge in [0.25, 0.3) is 0 Å². The van der Waals surface area contributed by atoms with Gasteiger partial charge in [-0.3, -0.25) is 4.79 Å². The highest BCUT2D eigenvalue weighted by atomic mass is 79.9. The van der Waals surface area contributed by atoms with Gasteiger partial charge in [-0.05, 0) is 5.56 Å². The van der Waals surface area contributed by atoms with Crippen LogP contribution >= 0.6 is 17.0 Å². The van der Waals surface area contributed by atoms with Crippen molar-refractivity contribution in [2.24, 2.45) is 0 Å². The predicted molar refractivity (Wildman–Crippen MR) is 95.1 cm³/mol. The molecular formula is C17H24BrNO6. The molecule has 3 fully saturated rings. The fourth-order valence-corrected chi connectivity index (χ4v) is 4.25. The number of hydrogen-bond donors (Lipinski definition) is 1. The highest BCUT2D eigenvalue weighted by molar-refractivity contribution is 8.93. The Hall–Kier alpha value is -1.03. The van der Waals surface area contributed by atoms with E-state index in [1.165, 1.54) is 0 Å². The number of epoxide rings is 1. The Morgan fingerprint density at radius 2 is 1.88 bits per heavy atom. The fourth-order valence-electron chi connectivity index (χ4n) is 4.25. The molecule has 5 atom stereocenters. The second-order valence-electron chi connectivity index (χ2n) is 6.94. The van der Waals surface area contributed by atoms with Crippen molar-refractivity contribution in [2.45, 2.75) is 49.2 Å². The molecule has 3 aliphatic rings. The summed E-state index contributed by atoms with van der Waals surface area (Å²) in [7, 11) is 1.70. The Kier molecular flexibility index (Phi) is 5.92. The lowest BCUT2D eigenvalue weighted by Crippen LogP contribution is -2.58. The van der Waals surface area contributed by atoms with Crippen molar-refractivity contribution >= 4 is 23.0 Å². The van der Waals surface area contributed by atoms with E-state index in [0.29, 0.717) is 12.8 Å². The average molecular weight is 418 g/mol. The number of nitrogens with zero attached hydrogens (tertiary/aromatic N) is 1. The van der Waals surface area contributed by atoms with Gasteiger partial charge in [-0.2, -0.15) is 0 Å². The van der Waals surface area contributed by atoms with Gasteiger partial charge in [-0.15, -0.1) is 17.0 Å². The second kappa shape index (κ2) is 7.30. The summed E-state index contributed by atoms with van der Waals surface area (Å²) < 4.78 is 10.9. The number of carbonyl (C=O) groups is 1. The zero-order valence-corrected chi connectivity index (χ0v) is 15.6. The quantitative estimate of drug-likeness (QED) is 0.335. The molecule has 5 unspecified atom stereocenters. The zero-order valence-electron chi connectivity index (χ0n) is 13.9. The molecule has 25 heavy (non-hydrogen) atoms. The maximum Gasteiger partial charge on any atom is 0.316 e. The van der Waals surface area contributed by atoms with Gasteiger partial charge in [-0.25, -0.2) is 0 Å². The van der Waals surface area contributed by atoms with Crippen molar-refractivity contribution in [2.75, 3.05) is 13.7 Å². The molecule has 3 heterocycles. The summed E-state index contributed by atoms with van der Waals surface area (Å²) in [6.07, 6.45) is 0.891. The number of aliphatic hydroxyl groups excluding tert-OH is 1. The van der Waals surface area contributed by atoms with Gasteiger partial charge in [0.2, 0.25) is 0 Å². The first-order chi connectivity index (χ1) is 11.0. The van der Waals surface area contributed by atoms with Crippen LogP contribution in [-0.2, 0) is 14.3 Å². The number of aliphatic hydroxyl groups is 1. The first-order valence-electron chi connectivity index (χ1n) is 8.11. The van der Waals surface area contributed by atoms with E-state index in [-0.39, 0.29) is 64.1 Å². The van der Waals surface area contributed by atoms with Gasteiger partial charge >= 0.3 is 5.97 Å². The monoisotopic (exact) mass is 417 g/mol. The number of piperidine rings is 1. The summed E-state index contributed by atoms with van der Waals surface area (Å²) >= 11 is 0. The molecule has 0 saturated carbocycles. The minimum absolute atomic E-state index is 0. The van der Waals surface area contributed by atoms with Crippen LogP contribution in [0.15, 0.2) is 30.3 Å². The molecule has 2 bridgehead atoms. The molecule has 0 radical (unpaired) electrons. The highest BCUT2D eigenvalue weighted by Gasteiger charge is 2.69. The average Bonchev–Trinajstić information content (AvgIpc) is 3.27. The summed E-state index contributed by atoms with van der Waals surface area (Å²) in [6, 6.07) is 8.86. The normalized spacial score (nSPS) is 38.6. The van der Waals surface area contributed by atoms with Crippen LogP contribution in [0, 0.1) is 5.21 Å². The third-order valence-electron chi connectivity index (χ3n) is 5.60. The first-order valence-corrected chi connectivity index (χ1v) is 8.11. The molecule has 3 N–H and O–H groups in total. The van der Waals surface area contributed by atoms with Crippen LogP contribution in [0.1, 0.15) is 24.3 Å². The summed E-state index contributed by atoms with van der Waals surface area (Å²) in [5.41, 5.74) is 0.745. The van der Waals surface area contributed by atoms with Crippen molar-refractivity contribution < 1.29 is 29.5 Å². The number of hydrogen-bond acceptors (Lipinski definition) is 5. The predicted octanol–water partition coefficient (Wildman–Crippen LogP) is 0.684. The number of esters is 1. The topological polar surface area (TPSA) is 114 Å². The lowest BCUT2D eigenvalue weighted by molar-refractivity contribution is -0.911. The van der Waals surface area contributed by atoms with E-state index < -0.39 is 11.9 Å². The molecule has 4 rings (SSSR count). The number of ether oxygens (including phenoxy) is 2. The third kappa shape index (κ3) is 3.34. The van der Waals surface area contributed by atoms with Crippen molar-refractivity contribution in [1.29, 1.82) is 0 Å². The van der Waals surface area contributed by atoms with Crippen molar-refractivity contribution in [1.82, 2.24) is 0 Å². The Bertz CT molecular complexity index is 592. The van der Waals surface area contributed by atoms with Crippen LogP contribution < -0.4 is 0 Å². The van der Waals surface area contributed by atoms with Gasteiger partial charge in [-0.1, -0.05) is 30.3 Å². The summed E-state index contributed by atoms with van der Waals surface area (Å²) in [4.78, 5) is 12.4. The zero-order chi connectivity index (χ0) is 16.2. The molecule has 3 aliphatic heterocycles. The molecule has 0 amide bonds. The van der Waals surface area contributed by atoms with Gasteiger partial charge in [0.05, 0.1) is 13.7 Å². The lowest BCUT2D eigenvalue weighted by Gasteiger charge is -2.51. The number of hydroxylamine groups is 3. The van der Waals surface area contributed by atoms with Crippen LogP contribution in [0.2, 0.25) is 0 Å². The van der Waals surface area contributed by atoms with Crippen LogP contribution in [0.4, 0.5) is 0 Å². The molecular weight excluding hydrogens is 394 g/mol. The number of fused-ring (bicyclic) bond motifs is 5. The second-order valence-corrected chi connectivity index (χ2v) is 6.94. The minimum Gasteiger partial charge on any atom is -0.632 e. The summed E-state index contributed by atoms with van der Waals surface area (Å²) in [5, 5.41) is 22.2. The van der Waals surface area contributed by atoms with E-state index in [1.54, 1.807) is 19.2 Å². The molecule has 140 valence electrons. The van der Waals surface area contributed by atoms with E-state index in [0.717, 1.165) is 5.56 Å². The largest absolute Gasteiger partial charge is 0.632 e. The molecule has 1 aromatic carbocycles. The van der Waals surface area contributed by atoms with E-state index in [2.05, 4.69) is 0 Å². The minimum atomic E-state index is -0.672. The molecule has 0 aliphatic carbocycles. The van der Waals surface area contributed by atoms with Crippen molar-refractivity contribution in [3.05, 3.63) is 41.1 Å². The number of morpholine rings is 1. The number of likely N-dealkylation sites (N-methyl/N-ethyl adjacent to an activating group) is 1. The lowest BCUT2D eigenvalue weighted by atomic mass is 9.97. The van der Waals surface area contributed by atoms with Crippen LogP contribution in [0.5, 0.6) is 0 Å². The van der Waals surface area contributed by atoms with Gasteiger partial charge in [0.1, 0.15) is 36.3 Å². The molecule has 1 aromatic rings. The van der Waals surface area contributed by atoms with Crippen LogP contribution in [0.3, 0.4) is 0 Å². The molecule has 7 nitrogen and oxygen atoms in total.